The third-order valence-electron chi connectivity index (χ3n) is 7.20. The average molecular weight is 563 g/mol. The smallest absolute Gasteiger partial charge is 0.410 e. The quantitative estimate of drug-likeness (QED) is 0.261. The van der Waals surface area contributed by atoms with Crippen molar-refractivity contribution in [1.29, 1.82) is 0 Å². The average Bonchev–Trinajstić information content (AvgIpc) is 3.26. The van der Waals surface area contributed by atoms with Crippen LogP contribution in [0.4, 0.5) is 13.6 Å². The van der Waals surface area contributed by atoms with Crippen LogP contribution in [0.2, 0.25) is 0 Å². The van der Waals surface area contributed by atoms with Crippen molar-refractivity contribution in [2.75, 3.05) is 13.1 Å². The number of halogens is 2. The summed E-state index contributed by atoms with van der Waals surface area (Å²) in [6.45, 7) is 1.06. The molecule has 0 saturated carbocycles. The summed E-state index contributed by atoms with van der Waals surface area (Å²) >= 11 is 0. The molecule has 3 N–H and O–H groups in total. The number of terminal acetylenes is 1. The number of ether oxygens (including phenoxy) is 1. The lowest BCUT2D eigenvalue weighted by Crippen LogP contribution is -2.41. The Hall–Kier alpha value is -4.56. The van der Waals surface area contributed by atoms with Crippen molar-refractivity contribution < 1.29 is 18.3 Å². The number of fused-ring (bicyclic) bond motifs is 2. The van der Waals surface area contributed by atoms with Crippen molar-refractivity contribution >= 4 is 17.3 Å². The fraction of sp³-hybridized carbons (Fsp3) is 0.333. The Morgan fingerprint density at radius 3 is 2.29 bits per heavy atom. The molecule has 1 aliphatic carbocycles. The van der Waals surface area contributed by atoms with Gasteiger partial charge in [0.05, 0.1) is 11.2 Å². The first-order valence-electron chi connectivity index (χ1n) is 13.4. The maximum atomic E-state index is 12.9. The Bertz CT molecular complexity index is 1520. The molecule has 0 unspecified atom stereocenters. The molecule has 2 aliphatic rings. The van der Waals surface area contributed by atoms with E-state index in [4.69, 9.17) is 10.5 Å². The number of likely N-dealkylation sites (tertiary alicyclic amines) is 1. The molecule has 9 nitrogen and oxygen atoms in total. The minimum Gasteiger partial charge on any atom is -0.440 e. The van der Waals surface area contributed by atoms with Crippen molar-refractivity contribution in [1.82, 2.24) is 24.4 Å². The Morgan fingerprint density at radius 1 is 0.951 bits per heavy atom. The van der Waals surface area contributed by atoms with Crippen molar-refractivity contribution in [3.63, 3.8) is 0 Å². The van der Waals surface area contributed by atoms with E-state index in [0.717, 1.165) is 48.2 Å². The van der Waals surface area contributed by atoms with Crippen molar-refractivity contribution in [3.8, 4) is 12.8 Å². The molecule has 41 heavy (non-hydrogen) atoms. The van der Waals surface area contributed by atoms with Crippen LogP contribution < -0.4 is 11.4 Å². The van der Waals surface area contributed by atoms with E-state index >= 15 is 0 Å². The molecule has 3 aromatic heterocycles. The molecule has 6 rings (SSSR count). The summed E-state index contributed by atoms with van der Waals surface area (Å²) < 4.78 is 31.5. The van der Waals surface area contributed by atoms with Gasteiger partial charge in [0, 0.05) is 37.6 Å². The number of nitrogens with one attached hydrogen (secondary N) is 1. The van der Waals surface area contributed by atoms with Gasteiger partial charge < -0.3 is 15.4 Å². The number of pyridine rings is 2. The summed E-state index contributed by atoms with van der Waals surface area (Å²) in [7, 11) is 0. The molecule has 11 heteroatoms. The largest absolute Gasteiger partial charge is 0.440 e. The number of carbonyl (C=O) groups excluding carboxylic acids is 1. The second-order valence-electron chi connectivity index (χ2n) is 9.69. The molecule has 0 bridgehead atoms. The molecule has 4 aromatic rings. The second kappa shape index (κ2) is 13.7. The van der Waals surface area contributed by atoms with E-state index in [1.807, 2.05) is 24.3 Å². The summed E-state index contributed by atoms with van der Waals surface area (Å²) in [5.41, 5.74) is 9.23. The van der Waals surface area contributed by atoms with Crippen LogP contribution in [0.5, 0.6) is 0 Å². The number of rotatable bonds is 2. The third kappa shape index (κ3) is 6.78. The zero-order chi connectivity index (χ0) is 29.4. The Morgan fingerprint density at radius 2 is 1.61 bits per heavy atom. The van der Waals surface area contributed by atoms with Crippen LogP contribution in [0, 0.1) is 24.5 Å². The summed E-state index contributed by atoms with van der Waals surface area (Å²) in [5.74, 6) is -1.60. The number of imidazole rings is 1. The first-order valence-corrected chi connectivity index (χ1v) is 13.4. The van der Waals surface area contributed by atoms with E-state index in [9.17, 15) is 18.4 Å². The van der Waals surface area contributed by atoms with Gasteiger partial charge in [-0.15, -0.1) is 12.8 Å². The van der Waals surface area contributed by atoms with Gasteiger partial charge in [0.1, 0.15) is 6.10 Å². The normalized spacial score (nSPS) is 18.6. The van der Waals surface area contributed by atoms with Gasteiger partial charge in [0.25, 0.3) is 0 Å². The van der Waals surface area contributed by atoms with E-state index in [1.165, 1.54) is 12.1 Å². The highest BCUT2D eigenvalue weighted by atomic mass is 19.2. The first kappa shape index (κ1) is 29.4. The molecule has 1 aliphatic heterocycles. The molecular weight excluding hydrogens is 530 g/mol. The van der Waals surface area contributed by atoms with Gasteiger partial charge in [-0.1, -0.05) is 18.2 Å². The van der Waals surface area contributed by atoms with Crippen molar-refractivity contribution in [3.05, 3.63) is 94.3 Å². The Balaban J connectivity index is 0.000000332. The number of benzene rings is 1. The highest BCUT2D eigenvalue weighted by molar-refractivity contribution is 5.70. The van der Waals surface area contributed by atoms with Gasteiger partial charge in [-0.05, 0) is 68.0 Å². The number of aromatic nitrogens is 4. The maximum absolute atomic E-state index is 12.9. The highest BCUT2D eigenvalue weighted by Gasteiger charge is 2.31. The number of nitrogens with two attached hydrogens (primary N) is 1. The maximum Gasteiger partial charge on any atom is 0.410 e. The van der Waals surface area contributed by atoms with Crippen LogP contribution in [-0.2, 0) is 4.74 Å². The van der Waals surface area contributed by atoms with E-state index in [1.54, 1.807) is 21.9 Å². The Kier molecular flexibility index (Phi) is 9.81. The van der Waals surface area contributed by atoms with Crippen LogP contribution in [0.25, 0.3) is 11.2 Å². The molecule has 0 spiro atoms. The van der Waals surface area contributed by atoms with Crippen LogP contribution in [0.3, 0.4) is 0 Å². The van der Waals surface area contributed by atoms with Crippen molar-refractivity contribution in [2.45, 2.75) is 50.3 Å². The van der Waals surface area contributed by atoms with Gasteiger partial charge >= 0.3 is 11.8 Å². The SMILES string of the molecule is C#C.Fc1ccccc1F.N[C@H]1CCC[C@@H](OC(=O)N2CCC(n3c(=O)[nH]c4ncccc43)CC2)c2ncccc21. The number of hydrogen-bond acceptors (Lipinski definition) is 6. The molecule has 1 aromatic carbocycles. The summed E-state index contributed by atoms with van der Waals surface area (Å²) in [6.07, 6.45) is 14.5. The monoisotopic (exact) mass is 562 g/mol. The third-order valence-corrected chi connectivity index (χ3v) is 7.20. The molecule has 1 fully saturated rings. The molecule has 1 saturated heterocycles. The van der Waals surface area contributed by atoms with E-state index in [2.05, 4.69) is 27.8 Å². The lowest BCUT2D eigenvalue weighted by molar-refractivity contribution is 0.0477. The van der Waals surface area contributed by atoms with Gasteiger partial charge in [0.2, 0.25) is 0 Å². The lowest BCUT2D eigenvalue weighted by atomic mass is 10.0. The number of H-pyrrole nitrogens is 1. The molecule has 2 atom stereocenters. The van der Waals surface area contributed by atoms with Crippen LogP contribution in [-0.4, -0.2) is 43.6 Å². The number of nitrogens with zero attached hydrogens (tertiary/aromatic N) is 4. The number of carbonyl (C=O) groups is 1. The second-order valence-corrected chi connectivity index (χ2v) is 9.69. The molecular formula is C30H32F2N6O3. The molecule has 0 radical (unpaired) electrons. The zero-order valence-electron chi connectivity index (χ0n) is 22.5. The van der Waals surface area contributed by atoms with Crippen molar-refractivity contribution in [2.24, 2.45) is 5.73 Å². The molecule has 214 valence electrons. The first-order chi connectivity index (χ1) is 19.9. The topological polar surface area (TPSA) is 119 Å². The van der Waals surface area contributed by atoms with Gasteiger partial charge in [-0.3, -0.25) is 14.5 Å². The minimum absolute atomic E-state index is 0.0211. The fourth-order valence-corrected chi connectivity index (χ4v) is 5.21. The number of amides is 1. The molecule has 1 amide bonds. The van der Waals surface area contributed by atoms with E-state index in [0.29, 0.717) is 31.6 Å². The van der Waals surface area contributed by atoms with Gasteiger partial charge in [0.15, 0.2) is 17.3 Å². The standard InChI is InChI=1S/C22H26N6O3.C6H4F2.C2H2/c23-16-5-1-7-18(19-15(16)4-2-10-24-19)31-22(30)27-12-8-14(9-13-27)28-17-6-3-11-25-20(17)26-21(28)29;7-5-3-1-2-4-6(5)8;1-2/h2-4,6,10-11,14,16,18H,1,5,7-9,12-13,23H2,(H,25,26,29);1-4H;1-2H/t16-,18+;;/m0../s1. The zero-order valence-corrected chi connectivity index (χ0v) is 22.5. The lowest BCUT2D eigenvalue weighted by Gasteiger charge is -2.33. The van der Waals surface area contributed by atoms with E-state index in [-0.39, 0.29) is 30.0 Å². The summed E-state index contributed by atoms with van der Waals surface area (Å²) in [6, 6.07) is 12.5. The van der Waals surface area contributed by atoms with E-state index < -0.39 is 11.6 Å². The predicted octanol–water partition coefficient (Wildman–Crippen LogP) is 5.03. The fourth-order valence-electron chi connectivity index (χ4n) is 5.21. The van der Waals surface area contributed by atoms with Crippen LogP contribution >= 0.6 is 0 Å². The van der Waals surface area contributed by atoms with Gasteiger partial charge in [-0.25, -0.2) is 23.4 Å². The number of piperidine rings is 1. The predicted molar refractivity (Wildman–Crippen MR) is 151 cm³/mol. The number of hydrogen-bond donors (Lipinski definition) is 2. The van der Waals surface area contributed by atoms with Crippen LogP contribution in [0.15, 0.2) is 65.7 Å². The number of aromatic amines is 1. The molecule has 4 heterocycles. The highest BCUT2D eigenvalue weighted by Crippen LogP contribution is 2.34. The summed E-state index contributed by atoms with van der Waals surface area (Å²) in [4.78, 5) is 38.6. The Labute approximate surface area is 236 Å². The minimum atomic E-state index is -0.799. The summed E-state index contributed by atoms with van der Waals surface area (Å²) in [5, 5.41) is 0. The van der Waals surface area contributed by atoms with Crippen LogP contribution in [0.1, 0.15) is 61.5 Å². The van der Waals surface area contributed by atoms with Gasteiger partial charge in [-0.2, -0.15) is 0 Å².